The van der Waals surface area contributed by atoms with Crippen LogP contribution < -0.4 is 5.46 Å². The van der Waals surface area contributed by atoms with E-state index < -0.39 is 0 Å². The minimum atomic E-state index is -0.381. The second-order valence-electron chi connectivity index (χ2n) is 23.6. The molecule has 0 N–H and O–H groups in total. The largest absolute Gasteiger partial charge is 0.494 e. The van der Waals surface area contributed by atoms with Gasteiger partial charge >= 0.3 is 7.12 Å². The van der Waals surface area contributed by atoms with Gasteiger partial charge in [-0.05, 0) is 168 Å². The van der Waals surface area contributed by atoms with Gasteiger partial charge < -0.3 is 9.31 Å². The molecule has 4 aromatic heterocycles. The van der Waals surface area contributed by atoms with Gasteiger partial charge in [0.15, 0.2) is 0 Å². The first kappa shape index (κ1) is 49.2. The maximum atomic E-state index is 6.31. The van der Waals surface area contributed by atoms with Crippen LogP contribution in [0.4, 0.5) is 0 Å². The van der Waals surface area contributed by atoms with Gasteiger partial charge in [-0.1, -0.05) is 210 Å². The molecule has 8 heteroatoms. The Kier molecular flexibility index (Phi) is 10.7. The van der Waals surface area contributed by atoms with E-state index in [4.69, 9.17) is 19.3 Å². The summed E-state index contributed by atoms with van der Waals surface area (Å²) in [6, 6.07) is 87.1. The molecule has 6 nitrogen and oxygen atoms in total. The normalized spacial score (nSPS) is 14.3. The summed E-state index contributed by atoms with van der Waals surface area (Å²) in [5, 5.41) is 23.1. The molecule has 1 aliphatic heterocycles. The van der Waals surface area contributed by atoms with Crippen molar-refractivity contribution < 1.29 is 9.31 Å². The van der Waals surface area contributed by atoms with Crippen LogP contribution in [-0.2, 0) is 9.31 Å². The van der Waals surface area contributed by atoms with Crippen molar-refractivity contribution in [3.05, 3.63) is 247 Å². The Bertz CT molecular complexity index is 5700. The summed E-state index contributed by atoms with van der Waals surface area (Å²) in [6.45, 7) is 8.35. The van der Waals surface area contributed by atoms with E-state index in [1.54, 1.807) is 0 Å². The molecule has 5 heterocycles. The van der Waals surface area contributed by atoms with Crippen molar-refractivity contribution in [2.75, 3.05) is 0 Å². The summed E-state index contributed by atoms with van der Waals surface area (Å²) < 4.78 is 18.4. The average molecular weight is 1140 g/mol. The standard InChI is InChI=1S/C35H20N2.C25H23BN2O2.C16H9Br/c1-2-9-28-26(8-1)29-20-24(16-19-31(29)37-32-11-4-3-10-30(32)36-35(28)37)25-17-14-23-13-12-21-6-5-7-22-15-18-27(25)34(23)33(21)22;1-24(2)25(3,4)30-26(29-24)16-13-14-21-19(15-16)17-9-5-6-10-18(17)23-27-20-11-7-8-12-22(20)28(21)23;17-14-9-7-12-5-4-10-2-1-3-11-6-8-13(14)16(12)15(10)11/h1-20H;5-15H,1-4H3;1-9H. The van der Waals surface area contributed by atoms with Crippen molar-refractivity contribution in [3.63, 3.8) is 0 Å². The highest BCUT2D eigenvalue weighted by Crippen LogP contribution is 2.43. The second kappa shape index (κ2) is 18.3. The average Bonchev–Trinajstić information content (AvgIpc) is 1.81. The van der Waals surface area contributed by atoms with E-state index in [0.29, 0.717) is 0 Å². The highest BCUT2D eigenvalue weighted by atomic mass is 79.9. The molecule has 0 bridgehead atoms. The zero-order valence-electron chi connectivity index (χ0n) is 46.7. The SMILES string of the molecule is Brc1ccc2ccc3cccc4ccc1c2c34.CC1(C)OB(c2ccc3c(c2)c2ccccc2c2nc4ccccc4n32)OC1(C)C.c1cc2ccc3ccc(-c4ccc5c(c4)c4ccccc4c4nc6ccccc6n54)c4ccc(c1)c2c34. The molecule has 398 valence electrons. The van der Waals surface area contributed by atoms with Gasteiger partial charge in [0, 0.05) is 26.0 Å². The summed E-state index contributed by atoms with van der Waals surface area (Å²) in [7, 11) is -0.381. The van der Waals surface area contributed by atoms with E-state index in [2.05, 4.69) is 289 Å². The molecule has 0 atom stereocenters. The minimum Gasteiger partial charge on any atom is -0.399 e. The minimum absolute atomic E-state index is 0.362. The van der Waals surface area contributed by atoms with Crippen molar-refractivity contribution >= 4 is 170 Å². The number of para-hydroxylation sites is 4. The second-order valence-corrected chi connectivity index (χ2v) is 24.4. The quantitative estimate of drug-likeness (QED) is 0.128. The van der Waals surface area contributed by atoms with E-state index in [1.165, 1.54) is 113 Å². The molecule has 18 aromatic rings. The number of halogens is 1. The predicted octanol–water partition coefficient (Wildman–Crippen LogP) is 19.8. The summed E-state index contributed by atoms with van der Waals surface area (Å²) in [4.78, 5) is 9.97. The first-order valence-electron chi connectivity index (χ1n) is 28.8. The number of pyridine rings is 2. The number of fused-ring (bicyclic) bond motifs is 16. The van der Waals surface area contributed by atoms with Gasteiger partial charge in [-0.3, -0.25) is 8.80 Å². The molecule has 0 spiro atoms. The zero-order valence-corrected chi connectivity index (χ0v) is 48.2. The Labute approximate surface area is 492 Å². The molecule has 1 aliphatic rings. The number of hydrogen-bond donors (Lipinski definition) is 0. The van der Waals surface area contributed by atoms with E-state index in [0.717, 1.165) is 49.7 Å². The first-order valence-corrected chi connectivity index (χ1v) is 29.6. The zero-order chi connectivity index (χ0) is 56.2. The number of aromatic nitrogens is 4. The van der Waals surface area contributed by atoms with Crippen LogP contribution in [0.3, 0.4) is 0 Å². The van der Waals surface area contributed by atoms with Crippen molar-refractivity contribution in [1.29, 1.82) is 0 Å². The van der Waals surface area contributed by atoms with Crippen LogP contribution in [0.5, 0.6) is 0 Å². The van der Waals surface area contributed by atoms with Gasteiger partial charge in [0.25, 0.3) is 0 Å². The van der Waals surface area contributed by atoms with Gasteiger partial charge in [0.05, 0.1) is 44.3 Å². The summed E-state index contributed by atoms with van der Waals surface area (Å²) in [5.41, 5.74) is 11.4. The number of nitrogens with zero attached hydrogens (tertiary/aromatic N) is 4. The molecule has 84 heavy (non-hydrogen) atoms. The van der Waals surface area contributed by atoms with Gasteiger partial charge in [-0.25, -0.2) is 9.97 Å². The lowest BCUT2D eigenvalue weighted by molar-refractivity contribution is 0.00578. The molecule has 19 rings (SSSR count). The third-order valence-electron chi connectivity index (χ3n) is 18.4. The van der Waals surface area contributed by atoms with Crippen LogP contribution in [0.15, 0.2) is 247 Å². The van der Waals surface area contributed by atoms with Crippen LogP contribution in [0.1, 0.15) is 27.7 Å². The molecule has 1 fully saturated rings. The Morgan fingerprint density at radius 2 is 0.774 bits per heavy atom. The summed E-state index contributed by atoms with van der Waals surface area (Å²) in [5.74, 6) is 0. The van der Waals surface area contributed by atoms with E-state index in [-0.39, 0.29) is 18.3 Å². The smallest absolute Gasteiger partial charge is 0.399 e. The topological polar surface area (TPSA) is 53.1 Å². The van der Waals surface area contributed by atoms with Crippen LogP contribution in [0, 0.1) is 0 Å². The Morgan fingerprint density at radius 1 is 0.345 bits per heavy atom. The molecular formula is C76H52BBrN4O2. The fourth-order valence-corrected chi connectivity index (χ4v) is 14.1. The number of rotatable bonds is 2. The molecule has 1 saturated heterocycles. The molecular weight excluding hydrogens is 1090 g/mol. The van der Waals surface area contributed by atoms with Crippen molar-refractivity contribution in [3.8, 4) is 11.1 Å². The maximum Gasteiger partial charge on any atom is 0.494 e. The number of imidazole rings is 2. The number of hydrogen-bond acceptors (Lipinski definition) is 4. The van der Waals surface area contributed by atoms with Crippen LogP contribution in [-0.4, -0.2) is 37.1 Å². The molecule has 0 amide bonds. The van der Waals surface area contributed by atoms with Crippen molar-refractivity contribution in [2.45, 2.75) is 38.9 Å². The fourth-order valence-electron chi connectivity index (χ4n) is 13.6. The lowest BCUT2D eigenvalue weighted by Gasteiger charge is -2.32. The molecule has 0 radical (unpaired) electrons. The first-order chi connectivity index (χ1) is 41.0. The van der Waals surface area contributed by atoms with Crippen LogP contribution >= 0.6 is 15.9 Å². The monoisotopic (exact) mass is 1140 g/mol. The van der Waals surface area contributed by atoms with Gasteiger partial charge in [-0.2, -0.15) is 0 Å². The summed E-state index contributed by atoms with van der Waals surface area (Å²) in [6.07, 6.45) is 0. The molecule has 0 unspecified atom stereocenters. The maximum absolute atomic E-state index is 6.31. The predicted molar refractivity (Wildman–Crippen MR) is 358 cm³/mol. The van der Waals surface area contributed by atoms with Crippen LogP contribution in [0.2, 0.25) is 0 Å². The molecule has 0 aliphatic carbocycles. The van der Waals surface area contributed by atoms with Crippen molar-refractivity contribution in [1.82, 2.24) is 18.8 Å². The Balaban J connectivity index is 0.000000106. The summed E-state index contributed by atoms with van der Waals surface area (Å²) >= 11 is 3.64. The highest BCUT2D eigenvalue weighted by Gasteiger charge is 2.51. The molecule has 0 saturated carbocycles. The lowest BCUT2D eigenvalue weighted by Crippen LogP contribution is -2.41. The van der Waals surface area contributed by atoms with Gasteiger partial charge in [-0.15, -0.1) is 0 Å². The highest BCUT2D eigenvalue weighted by molar-refractivity contribution is 9.10. The van der Waals surface area contributed by atoms with E-state index >= 15 is 0 Å². The van der Waals surface area contributed by atoms with Crippen LogP contribution in [0.25, 0.3) is 152 Å². The number of benzene rings is 14. The third kappa shape index (κ3) is 7.30. The van der Waals surface area contributed by atoms with Gasteiger partial charge in [0.1, 0.15) is 11.3 Å². The third-order valence-corrected chi connectivity index (χ3v) is 19.1. The molecule has 14 aromatic carbocycles. The fraction of sp³-hybridized carbons (Fsp3) is 0.0789. The van der Waals surface area contributed by atoms with E-state index in [9.17, 15) is 0 Å². The van der Waals surface area contributed by atoms with Crippen molar-refractivity contribution in [2.24, 2.45) is 0 Å². The van der Waals surface area contributed by atoms with E-state index in [1.807, 2.05) is 6.07 Å². The Hall–Kier alpha value is -9.44. The lowest BCUT2D eigenvalue weighted by atomic mass is 9.78. The Morgan fingerprint density at radius 3 is 1.33 bits per heavy atom. The van der Waals surface area contributed by atoms with Gasteiger partial charge in [0.2, 0.25) is 0 Å².